The lowest BCUT2D eigenvalue weighted by atomic mass is 10.1. The van der Waals surface area contributed by atoms with Crippen molar-refractivity contribution in [3.05, 3.63) is 59.2 Å². The number of halogens is 1. The topological polar surface area (TPSA) is 30.7 Å². The summed E-state index contributed by atoms with van der Waals surface area (Å²) in [5, 5.41) is 0. The van der Waals surface area contributed by atoms with Crippen LogP contribution in [0.25, 0.3) is 11.0 Å². The van der Waals surface area contributed by atoms with Gasteiger partial charge in [-0.2, -0.15) is 0 Å². The molecule has 0 fully saturated rings. The van der Waals surface area contributed by atoms with Crippen molar-refractivity contribution in [2.24, 2.45) is 0 Å². The summed E-state index contributed by atoms with van der Waals surface area (Å²) in [6, 6.07) is 10.4. The number of aromatic nitrogens is 3. The SMILES string of the molecule is CCc1cccnc1Cn1c(CCl)nc2ccc(C)cc21. The molecule has 1 aromatic carbocycles. The van der Waals surface area contributed by atoms with E-state index >= 15 is 0 Å². The zero-order valence-electron chi connectivity index (χ0n) is 12.3. The summed E-state index contributed by atoms with van der Waals surface area (Å²) >= 11 is 6.08. The van der Waals surface area contributed by atoms with E-state index in [1.54, 1.807) is 0 Å². The van der Waals surface area contributed by atoms with E-state index < -0.39 is 0 Å². The molecule has 108 valence electrons. The van der Waals surface area contributed by atoms with Gasteiger partial charge >= 0.3 is 0 Å². The van der Waals surface area contributed by atoms with Crippen molar-refractivity contribution < 1.29 is 0 Å². The van der Waals surface area contributed by atoms with Crippen molar-refractivity contribution in [1.29, 1.82) is 0 Å². The number of benzene rings is 1. The van der Waals surface area contributed by atoms with Gasteiger partial charge in [-0.25, -0.2) is 4.98 Å². The summed E-state index contributed by atoms with van der Waals surface area (Å²) in [4.78, 5) is 9.16. The molecule has 0 spiro atoms. The highest BCUT2D eigenvalue weighted by Crippen LogP contribution is 2.21. The number of pyridine rings is 1. The van der Waals surface area contributed by atoms with Crippen molar-refractivity contribution >= 4 is 22.6 Å². The molecule has 0 saturated carbocycles. The summed E-state index contributed by atoms with van der Waals surface area (Å²) in [7, 11) is 0. The second-order valence-corrected chi connectivity index (χ2v) is 5.47. The Morgan fingerprint density at radius 2 is 2.10 bits per heavy atom. The van der Waals surface area contributed by atoms with Crippen LogP contribution in [0.4, 0.5) is 0 Å². The summed E-state index contributed by atoms with van der Waals surface area (Å²) in [5.41, 5.74) is 5.70. The van der Waals surface area contributed by atoms with E-state index in [0.29, 0.717) is 12.4 Å². The van der Waals surface area contributed by atoms with Gasteiger partial charge < -0.3 is 4.57 Å². The van der Waals surface area contributed by atoms with Crippen LogP contribution in [0.3, 0.4) is 0 Å². The van der Waals surface area contributed by atoms with Crippen molar-refractivity contribution in [3.8, 4) is 0 Å². The minimum Gasteiger partial charge on any atom is -0.321 e. The fourth-order valence-electron chi connectivity index (χ4n) is 2.65. The average molecular weight is 300 g/mol. The molecule has 21 heavy (non-hydrogen) atoms. The largest absolute Gasteiger partial charge is 0.321 e. The lowest BCUT2D eigenvalue weighted by Crippen LogP contribution is -2.07. The molecular formula is C17H18ClN3. The second kappa shape index (κ2) is 5.86. The highest BCUT2D eigenvalue weighted by molar-refractivity contribution is 6.16. The Labute approximate surface area is 129 Å². The van der Waals surface area contributed by atoms with E-state index in [1.807, 2.05) is 12.3 Å². The molecule has 0 saturated heterocycles. The Kier molecular flexibility index (Phi) is 3.93. The second-order valence-electron chi connectivity index (χ2n) is 5.20. The smallest absolute Gasteiger partial charge is 0.125 e. The molecule has 3 nitrogen and oxygen atoms in total. The molecule has 0 aliphatic carbocycles. The number of hydrogen-bond acceptors (Lipinski definition) is 2. The maximum atomic E-state index is 6.08. The molecule has 0 aliphatic rings. The first-order valence-corrected chi connectivity index (χ1v) is 7.71. The summed E-state index contributed by atoms with van der Waals surface area (Å²) in [5.74, 6) is 1.30. The zero-order valence-corrected chi connectivity index (χ0v) is 13.1. The van der Waals surface area contributed by atoms with Crippen LogP contribution in [0.1, 0.15) is 29.6 Å². The molecular weight excluding hydrogens is 282 g/mol. The minimum atomic E-state index is 0.405. The number of fused-ring (bicyclic) bond motifs is 1. The maximum Gasteiger partial charge on any atom is 0.125 e. The number of aryl methyl sites for hydroxylation is 2. The normalized spacial score (nSPS) is 11.2. The maximum absolute atomic E-state index is 6.08. The van der Waals surface area contributed by atoms with E-state index in [-0.39, 0.29) is 0 Å². The van der Waals surface area contributed by atoms with Crippen molar-refractivity contribution in [2.75, 3.05) is 0 Å². The third-order valence-electron chi connectivity index (χ3n) is 3.78. The van der Waals surface area contributed by atoms with Gasteiger partial charge in [-0.15, -0.1) is 11.6 Å². The van der Waals surface area contributed by atoms with Crippen LogP contribution >= 0.6 is 11.6 Å². The van der Waals surface area contributed by atoms with Crippen LogP contribution in [0, 0.1) is 6.92 Å². The number of imidazole rings is 1. The van der Waals surface area contributed by atoms with E-state index in [1.165, 1.54) is 11.1 Å². The lowest BCUT2D eigenvalue weighted by molar-refractivity contribution is 0.747. The Bertz CT molecular complexity index is 777. The van der Waals surface area contributed by atoms with Crippen LogP contribution in [-0.4, -0.2) is 14.5 Å². The molecule has 0 N–H and O–H groups in total. The molecule has 0 amide bonds. The molecule has 3 aromatic rings. The number of rotatable bonds is 4. The molecule has 0 bridgehead atoms. The third-order valence-corrected chi connectivity index (χ3v) is 4.01. The zero-order chi connectivity index (χ0) is 14.8. The van der Waals surface area contributed by atoms with Crippen LogP contribution < -0.4 is 0 Å². The predicted octanol–water partition coefficient (Wildman–Crippen LogP) is 4.09. The van der Waals surface area contributed by atoms with Gasteiger partial charge in [0, 0.05) is 6.20 Å². The third kappa shape index (κ3) is 2.66. The first-order chi connectivity index (χ1) is 10.2. The van der Waals surface area contributed by atoms with Gasteiger partial charge in [0.1, 0.15) is 5.82 Å². The molecule has 4 heteroatoms. The van der Waals surface area contributed by atoms with E-state index in [9.17, 15) is 0 Å². The van der Waals surface area contributed by atoms with E-state index in [2.05, 4.69) is 52.6 Å². The minimum absolute atomic E-state index is 0.405. The van der Waals surface area contributed by atoms with Crippen LogP contribution in [0.5, 0.6) is 0 Å². The van der Waals surface area contributed by atoms with Crippen LogP contribution in [-0.2, 0) is 18.8 Å². The molecule has 0 unspecified atom stereocenters. The Hall–Kier alpha value is -1.87. The number of hydrogen-bond donors (Lipinski definition) is 0. The fraction of sp³-hybridized carbons (Fsp3) is 0.294. The standard InChI is InChI=1S/C17H18ClN3/c1-3-13-5-4-8-19-15(13)11-21-16-9-12(2)6-7-14(16)20-17(21)10-18/h4-9H,3,10-11H2,1-2H3. The van der Waals surface area contributed by atoms with Gasteiger partial charge in [-0.3, -0.25) is 4.98 Å². The molecule has 0 radical (unpaired) electrons. The predicted molar refractivity (Wildman–Crippen MR) is 86.7 cm³/mol. The van der Waals surface area contributed by atoms with Gasteiger partial charge in [0.05, 0.1) is 29.2 Å². The first kappa shape index (κ1) is 14.1. The van der Waals surface area contributed by atoms with Crippen LogP contribution in [0.2, 0.25) is 0 Å². The average Bonchev–Trinajstić information content (AvgIpc) is 2.85. The number of alkyl halides is 1. The lowest BCUT2D eigenvalue weighted by Gasteiger charge is -2.10. The molecule has 0 aliphatic heterocycles. The molecule has 2 heterocycles. The highest BCUT2D eigenvalue weighted by atomic mass is 35.5. The van der Waals surface area contributed by atoms with E-state index in [0.717, 1.165) is 29.0 Å². The Morgan fingerprint density at radius 1 is 1.24 bits per heavy atom. The monoisotopic (exact) mass is 299 g/mol. The van der Waals surface area contributed by atoms with Gasteiger partial charge in [0.2, 0.25) is 0 Å². The quantitative estimate of drug-likeness (QED) is 0.679. The van der Waals surface area contributed by atoms with Crippen molar-refractivity contribution in [2.45, 2.75) is 32.7 Å². The van der Waals surface area contributed by atoms with Gasteiger partial charge in [-0.05, 0) is 42.7 Å². The van der Waals surface area contributed by atoms with Crippen molar-refractivity contribution in [3.63, 3.8) is 0 Å². The van der Waals surface area contributed by atoms with Gasteiger partial charge in [0.15, 0.2) is 0 Å². The number of nitrogens with zero attached hydrogens (tertiary/aromatic N) is 3. The van der Waals surface area contributed by atoms with E-state index in [4.69, 9.17) is 11.6 Å². The molecule has 0 atom stereocenters. The first-order valence-electron chi connectivity index (χ1n) is 7.17. The van der Waals surface area contributed by atoms with Crippen LogP contribution in [0.15, 0.2) is 36.5 Å². The molecule has 2 aromatic heterocycles. The van der Waals surface area contributed by atoms with Crippen molar-refractivity contribution in [1.82, 2.24) is 14.5 Å². The van der Waals surface area contributed by atoms with Gasteiger partial charge in [-0.1, -0.05) is 19.1 Å². The Morgan fingerprint density at radius 3 is 2.86 bits per heavy atom. The fourth-order valence-corrected chi connectivity index (χ4v) is 2.85. The Balaban J connectivity index is 2.12. The molecule has 3 rings (SSSR count). The summed E-state index contributed by atoms with van der Waals surface area (Å²) in [6.45, 7) is 4.96. The highest BCUT2D eigenvalue weighted by Gasteiger charge is 2.12. The van der Waals surface area contributed by atoms with Gasteiger partial charge in [0.25, 0.3) is 0 Å². The summed E-state index contributed by atoms with van der Waals surface area (Å²) in [6.07, 6.45) is 2.82. The summed E-state index contributed by atoms with van der Waals surface area (Å²) < 4.78 is 2.18.